The van der Waals surface area contributed by atoms with Crippen molar-refractivity contribution >= 4 is 0 Å². The Morgan fingerprint density at radius 3 is 3.20 bits per heavy atom. The summed E-state index contributed by atoms with van der Waals surface area (Å²) in [7, 11) is 0. The average Bonchev–Trinajstić information content (AvgIpc) is 2.03. The Morgan fingerprint density at radius 2 is 2.60 bits per heavy atom. The van der Waals surface area contributed by atoms with Gasteiger partial charge in [0, 0.05) is 0 Å². The van der Waals surface area contributed by atoms with Gasteiger partial charge >= 0.3 is 0 Å². The van der Waals surface area contributed by atoms with Crippen molar-refractivity contribution in [2.75, 3.05) is 6.61 Å². The van der Waals surface area contributed by atoms with E-state index in [0.29, 0.717) is 12.7 Å². The topological polar surface area (TPSA) is 9.23 Å². The Kier molecular flexibility index (Phi) is 3.52. The van der Waals surface area contributed by atoms with E-state index in [-0.39, 0.29) is 0 Å². The fourth-order valence-corrected chi connectivity index (χ4v) is 1.27. The molecule has 10 heavy (non-hydrogen) atoms. The van der Waals surface area contributed by atoms with Crippen LogP contribution in [-0.4, -0.2) is 12.7 Å². The van der Waals surface area contributed by atoms with Crippen molar-refractivity contribution in [3.05, 3.63) is 19.1 Å². The first kappa shape index (κ1) is 7.80. The highest BCUT2D eigenvalue weighted by molar-refractivity contribution is 4.79. The van der Waals surface area contributed by atoms with Gasteiger partial charge in [-0.1, -0.05) is 12.5 Å². The van der Waals surface area contributed by atoms with E-state index in [0.717, 1.165) is 6.42 Å². The molecule has 0 aromatic heterocycles. The number of hydrogen-bond acceptors (Lipinski definition) is 1. The second-order valence-corrected chi connectivity index (χ2v) is 2.70. The van der Waals surface area contributed by atoms with Gasteiger partial charge in [-0.3, -0.25) is 0 Å². The summed E-state index contributed by atoms with van der Waals surface area (Å²) in [4.78, 5) is 0. The van der Waals surface area contributed by atoms with Gasteiger partial charge < -0.3 is 4.74 Å². The summed E-state index contributed by atoms with van der Waals surface area (Å²) in [5, 5.41) is 0. The summed E-state index contributed by atoms with van der Waals surface area (Å²) in [6.07, 6.45) is 9.53. The first-order valence-electron chi connectivity index (χ1n) is 3.97. The van der Waals surface area contributed by atoms with Gasteiger partial charge in [-0.2, -0.15) is 0 Å². The molecule has 1 rings (SSSR count). The number of hydrogen-bond donors (Lipinski definition) is 0. The van der Waals surface area contributed by atoms with Crippen LogP contribution in [0.2, 0.25) is 0 Å². The third-order valence-electron chi connectivity index (χ3n) is 1.81. The summed E-state index contributed by atoms with van der Waals surface area (Å²) in [6, 6.07) is 0. The minimum Gasteiger partial charge on any atom is -0.374 e. The van der Waals surface area contributed by atoms with Crippen LogP contribution >= 0.6 is 0 Å². The van der Waals surface area contributed by atoms with Crippen molar-refractivity contribution in [1.29, 1.82) is 0 Å². The molecule has 0 heterocycles. The second kappa shape index (κ2) is 4.51. The largest absolute Gasteiger partial charge is 0.374 e. The monoisotopic (exact) mass is 139 g/mol. The number of ether oxygens (including phenoxy) is 1. The molecular weight excluding hydrogens is 124 g/mol. The van der Waals surface area contributed by atoms with Crippen molar-refractivity contribution in [1.82, 2.24) is 0 Å². The zero-order valence-electron chi connectivity index (χ0n) is 6.38. The lowest BCUT2D eigenvalue weighted by Gasteiger charge is -2.20. The van der Waals surface area contributed by atoms with Gasteiger partial charge in [0.1, 0.15) is 0 Å². The summed E-state index contributed by atoms with van der Waals surface area (Å²) in [5.41, 5.74) is 0. The van der Waals surface area contributed by atoms with E-state index in [1.54, 1.807) is 0 Å². The van der Waals surface area contributed by atoms with Gasteiger partial charge in [-0.25, -0.2) is 0 Å². The molecule has 1 aliphatic rings. The fraction of sp³-hybridized carbons (Fsp3) is 0.667. The number of rotatable bonds is 3. The molecule has 1 fully saturated rings. The van der Waals surface area contributed by atoms with Crippen molar-refractivity contribution in [3.8, 4) is 0 Å². The van der Waals surface area contributed by atoms with Crippen LogP contribution in [0.3, 0.4) is 0 Å². The van der Waals surface area contributed by atoms with Crippen LogP contribution in [-0.2, 0) is 4.74 Å². The van der Waals surface area contributed by atoms with Crippen molar-refractivity contribution in [3.63, 3.8) is 0 Å². The summed E-state index contributed by atoms with van der Waals surface area (Å²) < 4.78 is 5.48. The van der Waals surface area contributed by atoms with Gasteiger partial charge in [-0.05, 0) is 25.7 Å². The molecule has 1 heteroatoms. The van der Waals surface area contributed by atoms with Crippen LogP contribution in [0, 0.1) is 6.42 Å². The van der Waals surface area contributed by atoms with Gasteiger partial charge in [0.15, 0.2) is 0 Å². The molecule has 1 unspecified atom stereocenters. The Balaban J connectivity index is 2.07. The van der Waals surface area contributed by atoms with Crippen molar-refractivity contribution in [2.24, 2.45) is 0 Å². The standard InChI is InChI=1S/C9H15O/c1-2-8-10-9-6-4-3-5-7-9/h2,4,9H,1,3,5-8H2. The van der Waals surface area contributed by atoms with Gasteiger partial charge in [0.25, 0.3) is 0 Å². The summed E-state index contributed by atoms with van der Waals surface area (Å²) >= 11 is 0. The van der Waals surface area contributed by atoms with E-state index in [9.17, 15) is 0 Å². The van der Waals surface area contributed by atoms with Crippen molar-refractivity contribution in [2.45, 2.75) is 31.8 Å². The fourth-order valence-electron chi connectivity index (χ4n) is 1.27. The van der Waals surface area contributed by atoms with Crippen LogP contribution in [0.5, 0.6) is 0 Å². The zero-order valence-corrected chi connectivity index (χ0v) is 6.38. The van der Waals surface area contributed by atoms with Crippen LogP contribution < -0.4 is 0 Å². The highest BCUT2D eigenvalue weighted by Crippen LogP contribution is 2.18. The van der Waals surface area contributed by atoms with E-state index in [1.165, 1.54) is 19.3 Å². The third kappa shape index (κ3) is 2.53. The normalized spacial score (nSPS) is 20.8. The lowest BCUT2D eigenvalue weighted by Crippen LogP contribution is -2.16. The quantitative estimate of drug-likeness (QED) is 0.545. The highest BCUT2D eigenvalue weighted by Gasteiger charge is 2.12. The van der Waals surface area contributed by atoms with E-state index < -0.39 is 0 Å². The minimum absolute atomic E-state index is 0.478. The molecule has 1 atom stereocenters. The van der Waals surface area contributed by atoms with E-state index in [1.807, 2.05) is 6.08 Å². The van der Waals surface area contributed by atoms with E-state index in [2.05, 4.69) is 13.0 Å². The molecule has 1 saturated carbocycles. The SMILES string of the molecule is C=CCOC1C[CH]CCC1. The average molecular weight is 139 g/mol. The molecular formula is C9H15O. The molecule has 0 spiro atoms. The lowest BCUT2D eigenvalue weighted by molar-refractivity contribution is 0.0578. The van der Waals surface area contributed by atoms with Gasteiger partial charge in [0.05, 0.1) is 12.7 Å². The Morgan fingerprint density at radius 1 is 1.70 bits per heavy atom. The molecule has 0 saturated heterocycles. The van der Waals surface area contributed by atoms with Crippen LogP contribution in [0.4, 0.5) is 0 Å². The first-order valence-corrected chi connectivity index (χ1v) is 3.97. The second-order valence-electron chi connectivity index (χ2n) is 2.70. The molecule has 0 N–H and O–H groups in total. The zero-order chi connectivity index (χ0) is 7.23. The molecule has 0 bridgehead atoms. The Labute approximate surface area is 63.1 Å². The van der Waals surface area contributed by atoms with E-state index in [4.69, 9.17) is 4.74 Å². The third-order valence-corrected chi connectivity index (χ3v) is 1.81. The molecule has 0 aromatic rings. The van der Waals surface area contributed by atoms with E-state index >= 15 is 0 Å². The molecule has 0 amide bonds. The van der Waals surface area contributed by atoms with Gasteiger partial charge in [-0.15, -0.1) is 6.58 Å². The smallest absolute Gasteiger partial charge is 0.0648 e. The van der Waals surface area contributed by atoms with Crippen LogP contribution in [0.15, 0.2) is 12.7 Å². The first-order chi connectivity index (χ1) is 4.93. The lowest BCUT2D eigenvalue weighted by atomic mass is 9.98. The van der Waals surface area contributed by atoms with Crippen LogP contribution in [0.25, 0.3) is 0 Å². The summed E-state index contributed by atoms with van der Waals surface area (Å²) in [6.45, 7) is 4.32. The van der Waals surface area contributed by atoms with Crippen LogP contribution in [0.1, 0.15) is 25.7 Å². The predicted molar refractivity (Wildman–Crippen MR) is 42.7 cm³/mol. The molecule has 0 aromatic carbocycles. The molecule has 57 valence electrons. The minimum atomic E-state index is 0.478. The van der Waals surface area contributed by atoms with Crippen molar-refractivity contribution < 1.29 is 4.74 Å². The molecule has 1 radical (unpaired) electrons. The molecule has 1 nitrogen and oxygen atoms in total. The Bertz CT molecular complexity index is 92.9. The maximum atomic E-state index is 5.48. The molecule has 1 aliphatic carbocycles. The molecule has 0 aliphatic heterocycles. The van der Waals surface area contributed by atoms with Gasteiger partial charge in [0.2, 0.25) is 0 Å². The highest BCUT2D eigenvalue weighted by atomic mass is 16.5. The Hall–Kier alpha value is -0.300. The maximum Gasteiger partial charge on any atom is 0.0648 e. The summed E-state index contributed by atoms with van der Waals surface area (Å²) in [5.74, 6) is 0. The predicted octanol–water partition coefficient (Wildman–Crippen LogP) is 2.34. The maximum absolute atomic E-state index is 5.48.